The van der Waals surface area contributed by atoms with Crippen molar-refractivity contribution in [1.82, 2.24) is 4.98 Å². The molecule has 5 heteroatoms. The number of nitrogens with one attached hydrogen (secondary N) is 1. The first-order valence-corrected chi connectivity index (χ1v) is 5.36. The molecule has 2 rings (SSSR count). The summed E-state index contributed by atoms with van der Waals surface area (Å²) in [5, 5.41) is 2.58. The third kappa shape index (κ3) is 2.82. The van der Waals surface area contributed by atoms with Crippen LogP contribution in [0.5, 0.6) is 0 Å². The van der Waals surface area contributed by atoms with Gasteiger partial charge >= 0.3 is 0 Å². The fourth-order valence-electron chi connectivity index (χ4n) is 1.54. The van der Waals surface area contributed by atoms with E-state index in [1.54, 1.807) is 12.1 Å². The van der Waals surface area contributed by atoms with E-state index in [0.29, 0.717) is 5.82 Å². The topological polar surface area (TPSA) is 68.0 Å². The number of carbonyl (C=O) groups excluding carboxylic acids is 1. The zero-order valence-electron chi connectivity index (χ0n) is 9.77. The van der Waals surface area contributed by atoms with Gasteiger partial charge in [0.05, 0.1) is 0 Å². The quantitative estimate of drug-likeness (QED) is 0.798. The Hall–Kier alpha value is -2.43. The first-order valence-electron chi connectivity index (χ1n) is 5.36. The van der Waals surface area contributed by atoms with Crippen molar-refractivity contribution in [3.8, 4) is 0 Å². The van der Waals surface area contributed by atoms with Crippen LogP contribution in [0.4, 0.5) is 15.9 Å². The van der Waals surface area contributed by atoms with Gasteiger partial charge in [0, 0.05) is 16.9 Å². The summed E-state index contributed by atoms with van der Waals surface area (Å²) < 4.78 is 13.1. The molecule has 0 saturated carbocycles. The smallest absolute Gasteiger partial charge is 0.256 e. The number of pyridine rings is 1. The monoisotopic (exact) mass is 245 g/mol. The van der Waals surface area contributed by atoms with Crippen molar-refractivity contribution in [1.29, 1.82) is 0 Å². The molecule has 4 nitrogen and oxygen atoms in total. The molecule has 1 aromatic carbocycles. The van der Waals surface area contributed by atoms with Crippen LogP contribution in [0.15, 0.2) is 36.4 Å². The van der Waals surface area contributed by atoms with Crippen LogP contribution in [-0.2, 0) is 0 Å². The molecule has 1 amide bonds. The highest BCUT2D eigenvalue weighted by atomic mass is 19.1. The second-order valence-electron chi connectivity index (χ2n) is 3.89. The molecule has 0 saturated heterocycles. The fourth-order valence-corrected chi connectivity index (χ4v) is 1.54. The maximum absolute atomic E-state index is 13.1. The number of hydrogen-bond acceptors (Lipinski definition) is 3. The number of benzene rings is 1. The number of rotatable bonds is 2. The largest absolute Gasteiger partial charge is 0.399 e. The van der Waals surface area contributed by atoms with Crippen molar-refractivity contribution < 1.29 is 9.18 Å². The number of aromatic nitrogens is 1. The van der Waals surface area contributed by atoms with Gasteiger partial charge in [-0.25, -0.2) is 9.37 Å². The van der Waals surface area contributed by atoms with Gasteiger partial charge in [-0.05, 0) is 37.3 Å². The highest BCUT2D eigenvalue weighted by Crippen LogP contribution is 2.13. The summed E-state index contributed by atoms with van der Waals surface area (Å²) >= 11 is 0. The van der Waals surface area contributed by atoms with Crippen LogP contribution in [0.25, 0.3) is 0 Å². The molecule has 18 heavy (non-hydrogen) atoms. The molecule has 1 aromatic heterocycles. The van der Waals surface area contributed by atoms with Crippen LogP contribution in [0.1, 0.15) is 16.1 Å². The first-order chi connectivity index (χ1) is 8.54. The van der Waals surface area contributed by atoms with Crippen LogP contribution >= 0.6 is 0 Å². The predicted octanol–water partition coefficient (Wildman–Crippen LogP) is 2.36. The molecular weight excluding hydrogens is 233 g/mol. The number of nitrogen functional groups attached to an aromatic ring is 1. The van der Waals surface area contributed by atoms with Crippen LogP contribution in [0.2, 0.25) is 0 Å². The first kappa shape index (κ1) is 12.0. The Bertz CT molecular complexity index is 578. The highest BCUT2D eigenvalue weighted by Gasteiger charge is 2.09. The second-order valence-corrected chi connectivity index (χ2v) is 3.89. The minimum atomic E-state index is -0.544. The van der Waals surface area contributed by atoms with Gasteiger partial charge in [0.1, 0.15) is 11.6 Å². The van der Waals surface area contributed by atoms with Crippen molar-refractivity contribution in [3.05, 3.63) is 53.5 Å². The van der Waals surface area contributed by atoms with Gasteiger partial charge in [-0.3, -0.25) is 4.79 Å². The van der Waals surface area contributed by atoms with Crippen molar-refractivity contribution in [2.24, 2.45) is 0 Å². The van der Waals surface area contributed by atoms with Gasteiger partial charge < -0.3 is 11.1 Å². The summed E-state index contributed by atoms with van der Waals surface area (Å²) in [6.07, 6.45) is 0. The van der Waals surface area contributed by atoms with E-state index >= 15 is 0 Å². The molecule has 0 bridgehead atoms. The van der Waals surface area contributed by atoms with Crippen molar-refractivity contribution in [2.75, 3.05) is 11.1 Å². The van der Waals surface area contributed by atoms with Crippen LogP contribution in [-0.4, -0.2) is 10.9 Å². The Morgan fingerprint density at radius 1 is 1.33 bits per heavy atom. The highest BCUT2D eigenvalue weighted by molar-refractivity contribution is 6.04. The van der Waals surface area contributed by atoms with Gasteiger partial charge in [-0.2, -0.15) is 0 Å². The Morgan fingerprint density at radius 2 is 2.11 bits per heavy atom. The number of anilines is 2. The number of amides is 1. The van der Waals surface area contributed by atoms with E-state index in [1.807, 2.05) is 13.0 Å². The van der Waals surface area contributed by atoms with E-state index in [9.17, 15) is 9.18 Å². The number of carbonyl (C=O) groups is 1. The molecule has 0 aliphatic heterocycles. The molecule has 0 spiro atoms. The van der Waals surface area contributed by atoms with Crippen LogP contribution in [0.3, 0.4) is 0 Å². The van der Waals surface area contributed by atoms with E-state index in [0.717, 1.165) is 17.8 Å². The molecule has 0 aliphatic carbocycles. The minimum Gasteiger partial charge on any atom is -0.399 e. The Kier molecular flexibility index (Phi) is 3.23. The number of aryl methyl sites for hydroxylation is 1. The van der Waals surface area contributed by atoms with Crippen molar-refractivity contribution in [3.63, 3.8) is 0 Å². The minimum absolute atomic E-state index is 0.163. The summed E-state index contributed by atoms with van der Waals surface area (Å²) in [6, 6.07) is 8.94. The molecule has 0 unspecified atom stereocenters. The molecule has 1 heterocycles. The SMILES string of the molecule is Cc1cccc(NC(=O)c2cc(N)cc(F)c2)n1. The number of nitrogens with zero attached hydrogens (tertiary/aromatic N) is 1. The fraction of sp³-hybridized carbons (Fsp3) is 0.0769. The lowest BCUT2D eigenvalue weighted by atomic mass is 10.2. The summed E-state index contributed by atoms with van der Waals surface area (Å²) in [5.41, 5.74) is 6.63. The Balaban J connectivity index is 2.22. The van der Waals surface area contributed by atoms with E-state index < -0.39 is 11.7 Å². The van der Waals surface area contributed by atoms with Crippen molar-refractivity contribution in [2.45, 2.75) is 6.92 Å². The van der Waals surface area contributed by atoms with Gasteiger partial charge in [0.2, 0.25) is 0 Å². The van der Waals surface area contributed by atoms with Crippen molar-refractivity contribution >= 4 is 17.4 Å². The average Bonchev–Trinajstić information content (AvgIpc) is 2.27. The molecule has 0 fully saturated rings. The summed E-state index contributed by atoms with van der Waals surface area (Å²) in [6.45, 7) is 1.82. The summed E-state index contributed by atoms with van der Waals surface area (Å²) in [5.74, 6) is -0.570. The lowest BCUT2D eigenvalue weighted by molar-refractivity contribution is 0.102. The third-order valence-corrected chi connectivity index (χ3v) is 2.31. The zero-order valence-corrected chi connectivity index (χ0v) is 9.77. The molecule has 0 aliphatic rings. The van der Waals surface area contributed by atoms with Gasteiger partial charge in [0.15, 0.2) is 0 Å². The van der Waals surface area contributed by atoms with E-state index in [2.05, 4.69) is 10.3 Å². The van der Waals surface area contributed by atoms with E-state index in [-0.39, 0.29) is 11.3 Å². The lowest BCUT2D eigenvalue weighted by Crippen LogP contribution is -2.13. The van der Waals surface area contributed by atoms with E-state index in [4.69, 9.17) is 5.73 Å². The second kappa shape index (κ2) is 4.83. The molecule has 2 aromatic rings. The maximum Gasteiger partial charge on any atom is 0.256 e. The molecule has 92 valence electrons. The normalized spacial score (nSPS) is 10.1. The molecule has 0 radical (unpaired) electrons. The number of halogens is 1. The summed E-state index contributed by atoms with van der Waals surface area (Å²) in [7, 11) is 0. The van der Waals surface area contributed by atoms with Crippen LogP contribution < -0.4 is 11.1 Å². The van der Waals surface area contributed by atoms with Crippen LogP contribution in [0, 0.1) is 12.7 Å². The van der Waals surface area contributed by atoms with Gasteiger partial charge in [0.25, 0.3) is 5.91 Å². The Morgan fingerprint density at radius 3 is 2.78 bits per heavy atom. The maximum atomic E-state index is 13.1. The molecular formula is C13H12FN3O. The predicted molar refractivity (Wildman–Crippen MR) is 67.7 cm³/mol. The number of nitrogens with two attached hydrogens (primary N) is 1. The van der Waals surface area contributed by atoms with Gasteiger partial charge in [-0.1, -0.05) is 6.07 Å². The third-order valence-electron chi connectivity index (χ3n) is 2.31. The molecule has 3 N–H and O–H groups in total. The standard InChI is InChI=1S/C13H12FN3O/c1-8-3-2-4-12(16-8)17-13(18)9-5-10(14)7-11(15)6-9/h2-7H,15H2,1H3,(H,16,17,18). The average molecular weight is 245 g/mol. The van der Waals surface area contributed by atoms with Gasteiger partial charge in [-0.15, -0.1) is 0 Å². The summed E-state index contributed by atoms with van der Waals surface area (Å²) in [4.78, 5) is 16.0. The lowest BCUT2D eigenvalue weighted by Gasteiger charge is -2.06. The molecule has 0 atom stereocenters. The number of hydrogen-bond donors (Lipinski definition) is 2. The van der Waals surface area contributed by atoms with E-state index in [1.165, 1.54) is 6.07 Å². The Labute approximate surface area is 104 Å². The zero-order chi connectivity index (χ0) is 13.1.